The van der Waals surface area contributed by atoms with Crippen LogP contribution in [-0.2, 0) is 21.1 Å². The molecule has 1 heterocycles. The van der Waals surface area contributed by atoms with Gasteiger partial charge in [-0.3, -0.25) is 4.79 Å². The molecule has 0 atom stereocenters. The molecular weight excluding hydrogens is 444 g/mol. The number of sulfone groups is 1. The number of carbonyl (C=O) groups excluding carboxylic acids is 1. The van der Waals surface area contributed by atoms with E-state index in [-0.39, 0.29) is 23.0 Å². The third-order valence-electron chi connectivity index (χ3n) is 5.04. The Kier molecular flexibility index (Phi) is 5.99. The molecule has 32 heavy (non-hydrogen) atoms. The number of nitrogens with one attached hydrogen (secondary N) is 1. The van der Waals surface area contributed by atoms with Crippen LogP contribution in [-0.4, -0.2) is 29.7 Å². The minimum Gasteiger partial charge on any atom is -0.507 e. The number of benzene rings is 3. The Hall–Kier alpha value is -3.23. The molecule has 3 aromatic carbocycles. The fraction of sp³-hybridized carbons (Fsp3) is 0.167. The maximum atomic E-state index is 12.5. The van der Waals surface area contributed by atoms with E-state index in [1.165, 1.54) is 29.5 Å². The number of carbonyl (C=O) groups is 1. The van der Waals surface area contributed by atoms with Gasteiger partial charge in [0.05, 0.1) is 32.3 Å². The van der Waals surface area contributed by atoms with Crippen molar-refractivity contribution in [3.05, 3.63) is 72.3 Å². The van der Waals surface area contributed by atoms with Crippen LogP contribution in [0.1, 0.15) is 19.4 Å². The number of phenolic OH excluding ortho intramolecular Hbond substituents is 1. The molecule has 0 unspecified atom stereocenters. The van der Waals surface area contributed by atoms with Crippen LogP contribution in [0.25, 0.3) is 20.8 Å². The Morgan fingerprint density at radius 2 is 1.78 bits per heavy atom. The molecule has 0 saturated heterocycles. The Bertz CT molecular complexity index is 1360. The number of fused-ring (bicyclic) bond motifs is 1. The number of aromatic hydroxyl groups is 1. The lowest BCUT2D eigenvalue weighted by Crippen LogP contribution is -2.15. The molecule has 0 aliphatic rings. The first-order valence-corrected chi connectivity index (χ1v) is 12.4. The fourth-order valence-corrected chi connectivity index (χ4v) is 5.28. The first-order chi connectivity index (χ1) is 15.2. The zero-order valence-electron chi connectivity index (χ0n) is 17.6. The smallest absolute Gasteiger partial charge is 0.228 e. The maximum absolute atomic E-state index is 12.5. The predicted molar refractivity (Wildman–Crippen MR) is 128 cm³/mol. The van der Waals surface area contributed by atoms with Crippen molar-refractivity contribution in [2.45, 2.75) is 30.4 Å². The number of thiazole rings is 1. The van der Waals surface area contributed by atoms with E-state index < -0.39 is 15.1 Å². The normalized spacial score (nSPS) is 11.7. The van der Waals surface area contributed by atoms with Crippen LogP contribution >= 0.6 is 11.3 Å². The van der Waals surface area contributed by atoms with Gasteiger partial charge in [0.25, 0.3) is 0 Å². The van der Waals surface area contributed by atoms with Crippen molar-refractivity contribution in [3.63, 3.8) is 0 Å². The third kappa shape index (κ3) is 4.51. The summed E-state index contributed by atoms with van der Waals surface area (Å²) in [6.07, 6.45) is 0.0966. The summed E-state index contributed by atoms with van der Waals surface area (Å²) in [6.45, 7) is 3.27. The van der Waals surface area contributed by atoms with Crippen LogP contribution in [0.15, 0.2) is 71.6 Å². The number of hydrogen-bond acceptors (Lipinski definition) is 6. The van der Waals surface area contributed by atoms with E-state index >= 15 is 0 Å². The molecule has 0 bridgehead atoms. The van der Waals surface area contributed by atoms with Gasteiger partial charge in [-0.15, -0.1) is 11.3 Å². The third-order valence-corrected chi connectivity index (χ3v) is 8.28. The summed E-state index contributed by atoms with van der Waals surface area (Å²) in [5.74, 6) is -0.158. The van der Waals surface area contributed by atoms with E-state index in [9.17, 15) is 18.3 Å². The molecule has 0 aliphatic carbocycles. The van der Waals surface area contributed by atoms with Crippen molar-refractivity contribution in [2.75, 3.05) is 5.32 Å². The van der Waals surface area contributed by atoms with Crippen LogP contribution in [0.2, 0.25) is 0 Å². The standard InChI is InChI=1S/C24H22N2O4S2/c1-15(2)32(29,30)18-10-7-16(8-11-18)13-23(28)25-17-9-12-21(27)19(14-17)24-26-20-5-3-4-6-22(20)31-24/h3-12,14-15,27H,13H2,1-2H3,(H,25,28). The minimum absolute atomic E-state index is 0.0870. The van der Waals surface area contributed by atoms with Crippen molar-refractivity contribution >= 4 is 43.0 Å². The van der Waals surface area contributed by atoms with Gasteiger partial charge in [-0.05, 0) is 61.9 Å². The largest absolute Gasteiger partial charge is 0.507 e. The summed E-state index contributed by atoms with van der Waals surface area (Å²) in [4.78, 5) is 17.4. The first-order valence-electron chi connectivity index (χ1n) is 10.1. The molecule has 0 aliphatic heterocycles. The van der Waals surface area contributed by atoms with Crippen molar-refractivity contribution in [1.29, 1.82) is 0 Å². The molecule has 1 amide bonds. The summed E-state index contributed by atoms with van der Waals surface area (Å²) < 4.78 is 25.5. The molecule has 4 rings (SSSR count). The van der Waals surface area contributed by atoms with E-state index in [4.69, 9.17) is 0 Å². The van der Waals surface area contributed by atoms with Gasteiger partial charge in [-0.1, -0.05) is 24.3 Å². The molecule has 2 N–H and O–H groups in total. The molecule has 164 valence electrons. The highest BCUT2D eigenvalue weighted by atomic mass is 32.2. The highest BCUT2D eigenvalue weighted by Gasteiger charge is 2.19. The van der Waals surface area contributed by atoms with Gasteiger partial charge in [-0.2, -0.15) is 0 Å². The van der Waals surface area contributed by atoms with Crippen molar-refractivity contribution in [1.82, 2.24) is 4.98 Å². The maximum Gasteiger partial charge on any atom is 0.228 e. The topological polar surface area (TPSA) is 96.4 Å². The van der Waals surface area contributed by atoms with E-state index in [2.05, 4.69) is 10.3 Å². The number of phenols is 1. The zero-order valence-corrected chi connectivity index (χ0v) is 19.2. The van der Waals surface area contributed by atoms with Crippen LogP contribution in [0, 0.1) is 0 Å². The van der Waals surface area contributed by atoms with Crippen LogP contribution in [0.5, 0.6) is 5.75 Å². The highest BCUT2D eigenvalue weighted by Crippen LogP contribution is 2.36. The Morgan fingerprint density at radius 1 is 1.06 bits per heavy atom. The number of rotatable bonds is 6. The molecule has 6 nitrogen and oxygen atoms in total. The monoisotopic (exact) mass is 466 g/mol. The van der Waals surface area contributed by atoms with Gasteiger partial charge in [0.2, 0.25) is 5.91 Å². The number of nitrogens with zero attached hydrogens (tertiary/aromatic N) is 1. The average molecular weight is 467 g/mol. The summed E-state index contributed by atoms with van der Waals surface area (Å²) in [7, 11) is -3.34. The first kappa shape index (κ1) is 22.0. The second kappa shape index (κ2) is 8.72. The van der Waals surface area contributed by atoms with E-state index in [0.717, 1.165) is 10.2 Å². The lowest BCUT2D eigenvalue weighted by molar-refractivity contribution is -0.115. The Labute approximate surface area is 190 Å². The van der Waals surface area contributed by atoms with Gasteiger partial charge in [0.15, 0.2) is 9.84 Å². The second-order valence-electron chi connectivity index (χ2n) is 7.68. The Balaban J connectivity index is 1.50. The molecular formula is C24H22N2O4S2. The van der Waals surface area contributed by atoms with Crippen LogP contribution in [0.3, 0.4) is 0 Å². The van der Waals surface area contributed by atoms with E-state index in [1.54, 1.807) is 38.1 Å². The summed E-state index contributed by atoms with van der Waals surface area (Å²) >= 11 is 1.47. The average Bonchev–Trinajstić information content (AvgIpc) is 3.19. The molecule has 0 radical (unpaired) electrons. The lowest BCUT2D eigenvalue weighted by atomic mass is 10.1. The van der Waals surface area contributed by atoms with E-state index in [1.807, 2.05) is 24.3 Å². The zero-order chi connectivity index (χ0) is 22.9. The summed E-state index contributed by atoms with van der Waals surface area (Å²) in [6, 6.07) is 18.9. The molecule has 8 heteroatoms. The van der Waals surface area contributed by atoms with Crippen LogP contribution < -0.4 is 5.32 Å². The molecule has 1 aromatic heterocycles. The molecule has 4 aromatic rings. The minimum atomic E-state index is -3.34. The number of aromatic nitrogens is 1. The van der Waals surface area contributed by atoms with Gasteiger partial charge < -0.3 is 10.4 Å². The second-order valence-corrected chi connectivity index (χ2v) is 11.2. The summed E-state index contributed by atoms with van der Waals surface area (Å²) in [5.41, 5.74) is 2.65. The number of anilines is 1. The van der Waals surface area contributed by atoms with Crippen molar-refractivity contribution < 1.29 is 18.3 Å². The summed E-state index contributed by atoms with van der Waals surface area (Å²) in [5, 5.41) is 13.3. The van der Waals surface area contributed by atoms with Gasteiger partial charge in [0.1, 0.15) is 10.8 Å². The fourth-order valence-electron chi connectivity index (χ4n) is 3.23. The van der Waals surface area contributed by atoms with Gasteiger partial charge in [-0.25, -0.2) is 13.4 Å². The van der Waals surface area contributed by atoms with Crippen LogP contribution in [0.4, 0.5) is 5.69 Å². The molecule has 0 fully saturated rings. The lowest BCUT2D eigenvalue weighted by Gasteiger charge is -2.10. The van der Waals surface area contributed by atoms with E-state index in [0.29, 0.717) is 21.8 Å². The number of para-hydroxylation sites is 1. The van der Waals surface area contributed by atoms with Gasteiger partial charge in [0, 0.05) is 5.69 Å². The molecule has 0 spiro atoms. The van der Waals surface area contributed by atoms with Gasteiger partial charge >= 0.3 is 0 Å². The highest BCUT2D eigenvalue weighted by molar-refractivity contribution is 7.92. The Morgan fingerprint density at radius 3 is 2.47 bits per heavy atom. The molecule has 0 saturated carbocycles. The van der Waals surface area contributed by atoms with Crippen molar-refractivity contribution in [2.24, 2.45) is 0 Å². The number of amides is 1. The quantitative estimate of drug-likeness (QED) is 0.389. The SMILES string of the molecule is CC(C)S(=O)(=O)c1ccc(CC(=O)Nc2ccc(O)c(-c3nc4ccccc4s3)c2)cc1. The predicted octanol–water partition coefficient (Wildman–Crippen LogP) is 5.03. The number of hydrogen-bond donors (Lipinski definition) is 2. The van der Waals surface area contributed by atoms with Crippen molar-refractivity contribution in [3.8, 4) is 16.3 Å².